The van der Waals surface area contributed by atoms with Crippen LogP contribution in [0.1, 0.15) is 30.0 Å². The molecule has 132 valence electrons. The van der Waals surface area contributed by atoms with Crippen LogP contribution >= 0.6 is 22.7 Å². The van der Waals surface area contributed by atoms with E-state index >= 15 is 0 Å². The highest BCUT2D eigenvalue weighted by atomic mass is 32.2. The molecule has 0 aliphatic carbocycles. The topological polar surface area (TPSA) is 40.6 Å². The zero-order valence-electron chi connectivity index (χ0n) is 14.1. The third kappa shape index (κ3) is 4.26. The molecule has 0 spiro atoms. The van der Waals surface area contributed by atoms with Gasteiger partial charge in [-0.05, 0) is 41.1 Å². The van der Waals surface area contributed by atoms with Crippen molar-refractivity contribution in [1.29, 1.82) is 0 Å². The fourth-order valence-electron chi connectivity index (χ4n) is 3.33. The van der Waals surface area contributed by atoms with E-state index in [9.17, 15) is 8.42 Å². The van der Waals surface area contributed by atoms with Crippen molar-refractivity contribution >= 4 is 32.9 Å². The van der Waals surface area contributed by atoms with Gasteiger partial charge >= 0.3 is 0 Å². The highest BCUT2D eigenvalue weighted by molar-refractivity contribution is 7.86. The van der Waals surface area contributed by atoms with Gasteiger partial charge in [0.2, 0.25) is 0 Å². The van der Waals surface area contributed by atoms with Gasteiger partial charge in [0.25, 0.3) is 10.2 Å². The molecule has 0 N–H and O–H groups in total. The predicted octanol–water partition coefficient (Wildman–Crippen LogP) is 4.03. The molecule has 0 saturated carbocycles. The third-order valence-electron chi connectivity index (χ3n) is 4.31. The van der Waals surface area contributed by atoms with Gasteiger partial charge in [-0.3, -0.25) is 0 Å². The standard InChI is InChI=1S/C17H24N2O2S3/c1-14-9-15(2)11-18(10-14)24(20,21)19(12-16-5-3-7-22-16)13-17-6-4-8-23-17/h3-8,14-15H,9-13H2,1-2H3. The lowest BCUT2D eigenvalue weighted by Gasteiger charge is -2.37. The van der Waals surface area contributed by atoms with Gasteiger partial charge in [0, 0.05) is 35.9 Å². The van der Waals surface area contributed by atoms with Gasteiger partial charge in [-0.1, -0.05) is 26.0 Å². The number of hydrogen-bond acceptors (Lipinski definition) is 4. The zero-order chi connectivity index (χ0) is 17.2. The second-order valence-electron chi connectivity index (χ2n) is 6.70. The van der Waals surface area contributed by atoms with Gasteiger partial charge < -0.3 is 0 Å². The third-order valence-corrected chi connectivity index (χ3v) is 7.90. The summed E-state index contributed by atoms with van der Waals surface area (Å²) in [6.45, 7) is 6.41. The van der Waals surface area contributed by atoms with Gasteiger partial charge in [0.05, 0.1) is 0 Å². The molecule has 3 heterocycles. The molecule has 3 rings (SSSR count). The summed E-state index contributed by atoms with van der Waals surface area (Å²) in [4.78, 5) is 2.15. The highest BCUT2D eigenvalue weighted by Gasteiger charge is 2.35. The lowest BCUT2D eigenvalue weighted by Crippen LogP contribution is -2.49. The molecule has 1 aliphatic heterocycles. The van der Waals surface area contributed by atoms with E-state index in [0.29, 0.717) is 38.0 Å². The Kier molecular flexibility index (Phi) is 5.77. The monoisotopic (exact) mass is 384 g/mol. The second-order valence-corrected chi connectivity index (χ2v) is 10.7. The molecule has 4 nitrogen and oxygen atoms in total. The molecule has 0 aromatic carbocycles. The first kappa shape index (κ1) is 18.1. The summed E-state index contributed by atoms with van der Waals surface area (Å²) in [6.07, 6.45) is 1.10. The van der Waals surface area contributed by atoms with E-state index < -0.39 is 10.2 Å². The molecule has 2 aromatic rings. The van der Waals surface area contributed by atoms with Crippen molar-refractivity contribution in [3.05, 3.63) is 44.8 Å². The lowest BCUT2D eigenvalue weighted by molar-refractivity contribution is 0.207. The normalized spacial score (nSPS) is 23.0. The van der Waals surface area contributed by atoms with Gasteiger partial charge in [0.15, 0.2) is 0 Å². The Morgan fingerprint density at radius 1 is 1.04 bits per heavy atom. The van der Waals surface area contributed by atoms with Crippen LogP contribution in [0.2, 0.25) is 0 Å². The Morgan fingerprint density at radius 3 is 1.96 bits per heavy atom. The first-order valence-electron chi connectivity index (χ1n) is 8.25. The van der Waals surface area contributed by atoms with Gasteiger partial charge in [-0.25, -0.2) is 0 Å². The van der Waals surface area contributed by atoms with E-state index in [4.69, 9.17) is 0 Å². The molecule has 7 heteroatoms. The molecule has 2 unspecified atom stereocenters. The zero-order valence-corrected chi connectivity index (χ0v) is 16.5. The van der Waals surface area contributed by atoms with Crippen molar-refractivity contribution in [2.45, 2.75) is 33.4 Å². The number of nitrogens with zero attached hydrogens (tertiary/aromatic N) is 2. The molecule has 2 atom stereocenters. The fraction of sp³-hybridized carbons (Fsp3) is 0.529. The fourth-order valence-corrected chi connectivity index (χ4v) is 6.75. The van der Waals surface area contributed by atoms with Crippen LogP contribution in [0, 0.1) is 11.8 Å². The van der Waals surface area contributed by atoms with E-state index in [1.165, 1.54) is 0 Å². The summed E-state index contributed by atoms with van der Waals surface area (Å²) in [5.41, 5.74) is 0. The number of thiophene rings is 2. The first-order chi connectivity index (χ1) is 11.4. The van der Waals surface area contributed by atoms with Crippen LogP contribution in [0.5, 0.6) is 0 Å². The minimum Gasteiger partial charge on any atom is -0.195 e. The Labute approximate surface area is 152 Å². The highest BCUT2D eigenvalue weighted by Crippen LogP contribution is 2.27. The molecule has 0 amide bonds. The Morgan fingerprint density at radius 2 is 1.54 bits per heavy atom. The number of piperidine rings is 1. The summed E-state index contributed by atoms with van der Waals surface area (Å²) in [7, 11) is -3.46. The average molecular weight is 385 g/mol. The predicted molar refractivity (Wildman–Crippen MR) is 101 cm³/mol. The van der Waals surface area contributed by atoms with E-state index in [1.54, 1.807) is 31.3 Å². The summed E-state index contributed by atoms with van der Waals surface area (Å²) in [6, 6.07) is 7.95. The minimum atomic E-state index is -3.46. The summed E-state index contributed by atoms with van der Waals surface area (Å²) in [5.74, 6) is 0.822. The summed E-state index contributed by atoms with van der Waals surface area (Å²) < 4.78 is 29.9. The van der Waals surface area contributed by atoms with Crippen molar-refractivity contribution in [3.63, 3.8) is 0 Å². The largest absolute Gasteiger partial charge is 0.282 e. The maximum atomic E-state index is 13.3. The smallest absolute Gasteiger partial charge is 0.195 e. The van der Waals surface area contributed by atoms with E-state index in [-0.39, 0.29) is 0 Å². The molecule has 1 fully saturated rings. The van der Waals surface area contributed by atoms with Crippen molar-refractivity contribution in [2.24, 2.45) is 11.8 Å². The van der Waals surface area contributed by atoms with Gasteiger partial charge in [-0.2, -0.15) is 17.0 Å². The summed E-state index contributed by atoms with van der Waals surface area (Å²) >= 11 is 3.21. The molecule has 2 aromatic heterocycles. The van der Waals surface area contributed by atoms with Crippen LogP contribution in [0.15, 0.2) is 35.0 Å². The van der Waals surface area contributed by atoms with Crippen LogP contribution in [0.4, 0.5) is 0 Å². The van der Waals surface area contributed by atoms with Crippen LogP contribution in [-0.2, 0) is 23.3 Å². The maximum absolute atomic E-state index is 13.3. The average Bonchev–Trinajstić information content (AvgIpc) is 3.19. The SMILES string of the molecule is CC1CC(C)CN(S(=O)(=O)N(Cc2cccs2)Cc2cccs2)C1. The molecule has 1 saturated heterocycles. The molecule has 0 bridgehead atoms. The van der Waals surface area contributed by atoms with Crippen LogP contribution < -0.4 is 0 Å². The Balaban J connectivity index is 1.84. The number of hydrogen-bond donors (Lipinski definition) is 0. The quantitative estimate of drug-likeness (QED) is 0.754. The molecular weight excluding hydrogens is 360 g/mol. The summed E-state index contributed by atoms with van der Waals surface area (Å²) in [5, 5.41) is 3.99. The Hall–Kier alpha value is -0.730. The molecule has 24 heavy (non-hydrogen) atoms. The van der Waals surface area contributed by atoms with Crippen molar-refractivity contribution in [1.82, 2.24) is 8.61 Å². The number of rotatable bonds is 6. The van der Waals surface area contributed by atoms with Gasteiger partial charge in [-0.15, -0.1) is 22.7 Å². The van der Waals surface area contributed by atoms with E-state index in [1.807, 2.05) is 35.0 Å². The minimum absolute atomic E-state index is 0.411. The Bertz CT molecular complexity index is 680. The van der Waals surface area contributed by atoms with E-state index in [2.05, 4.69) is 13.8 Å². The molecular formula is C17H24N2O2S3. The second kappa shape index (κ2) is 7.66. The van der Waals surface area contributed by atoms with Crippen molar-refractivity contribution in [2.75, 3.05) is 13.1 Å². The van der Waals surface area contributed by atoms with Crippen LogP contribution in [0.25, 0.3) is 0 Å². The van der Waals surface area contributed by atoms with Crippen molar-refractivity contribution < 1.29 is 8.42 Å². The van der Waals surface area contributed by atoms with E-state index in [0.717, 1.165) is 16.2 Å². The van der Waals surface area contributed by atoms with Crippen LogP contribution in [-0.4, -0.2) is 30.1 Å². The van der Waals surface area contributed by atoms with Crippen molar-refractivity contribution in [3.8, 4) is 0 Å². The van der Waals surface area contributed by atoms with Gasteiger partial charge in [0.1, 0.15) is 0 Å². The first-order valence-corrected chi connectivity index (χ1v) is 11.4. The molecule has 1 aliphatic rings. The molecule has 0 radical (unpaired) electrons. The lowest BCUT2D eigenvalue weighted by atomic mass is 9.94. The van der Waals surface area contributed by atoms with Crippen LogP contribution in [0.3, 0.4) is 0 Å². The maximum Gasteiger partial charge on any atom is 0.282 e.